The number of hydrogen-bond acceptors (Lipinski definition) is 6. The van der Waals surface area contributed by atoms with E-state index in [4.69, 9.17) is 4.74 Å². The van der Waals surface area contributed by atoms with Crippen molar-refractivity contribution in [3.8, 4) is 0 Å². The van der Waals surface area contributed by atoms with Crippen molar-refractivity contribution in [1.82, 2.24) is 15.1 Å². The summed E-state index contributed by atoms with van der Waals surface area (Å²) in [5, 5.41) is 8.00. The van der Waals surface area contributed by atoms with Crippen LogP contribution in [0.15, 0.2) is 35.7 Å². The minimum atomic E-state index is -1.87. The van der Waals surface area contributed by atoms with Crippen LogP contribution in [-0.4, -0.2) is 91.0 Å². The molecule has 236 valence electrons. The van der Waals surface area contributed by atoms with E-state index in [9.17, 15) is 19.2 Å². The highest BCUT2D eigenvalue weighted by atomic mass is 32.1. The first-order valence-electron chi connectivity index (χ1n) is 15.0. The van der Waals surface area contributed by atoms with Crippen molar-refractivity contribution >= 4 is 48.1 Å². The van der Waals surface area contributed by atoms with Gasteiger partial charge in [-0.25, -0.2) is 4.79 Å². The molecule has 4 amide bonds. The molecule has 0 atom stereocenters. The number of aryl methyl sites for hydroxylation is 1. The van der Waals surface area contributed by atoms with Gasteiger partial charge in [0.05, 0.1) is 18.0 Å². The smallest absolute Gasteiger partial charge is 0.410 e. The molecular weight excluding hydrogens is 583 g/mol. The van der Waals surface area contributed by atoms with E-state index in [1.54, 1.807) is 19.0 Å². The van der Waals surface area contributed by atoms with Crippen molar-refractivity contribution in [2.75, 3.05) is 57.1 Å². The van der Waals surface area contributed by atoms with Gasteiger partial charge in [-0.05, 0) is 69.9 Å². The van der Waals surface area contributed by atoms with Gasteiger partial charge >= 0.3 is 6.09 Å². The summed E-state index contributed by atoms with van der Waals surface area (Å²) in [5.74, 6) is -0.341. The van der Waals surface area contributed by atoms with E-state index in [1.165, 1.54) is 16.2 Å². The molecule has 1 fully saturated rings. The van der Waals surface area contributed by atoms with Gasteiger partial charge in [-0.15, -0.1) is 11.3 Å². The van der Waals surface area contributed by atoms with Crippen molar-refractivity contribution in [3.05, 3.63) is 51.7 Å². The maximum Gasteiger partial charge on any atom is 0.410 e. The fourth-order valence-corrected chi connectivity index (χ4v) is 10.3. The zero-order chi connectivity index (χ0) is 31.6. The number of nitrogens with one attached hydrogen (secondary N) is 2. The SMILES string of the molecule is Cc1csc(C(=O)N(C)CCN(C)C(=O)OC(C)(C)C)c1NC(=O)C[P+]1(CC(=O)NCc2ccccc2)CCCCCC1. The molecule has 1 aliphatic rings. The normalized spacial score (nSPS) is 14.7. The van der Waals surface area contributed by atoms with Gasteiger partial charge < -0.3 is 25.2 Å². The standard InChI is InChI=1S/C32H47N4O5PS/c1-24-23-43-29(30(39)35(5)16-17-36(6)31(40)41-32(2,3)4)28(24)34-27(38)22-42(18-12-7-8-13-19-42)21-26(37)33-20-25-14-10-9-11-15-25/h9-11,14-15,23H,7-8,12-13,16-22H2,1-6H3,(H-,33,34,37,38,39)/p+1. The molecule has 1 aromatic carbocycles. The van der Waals surface area contributed by atoms with Crippen LogP contribution in [-0.2, 0) is 20.9 Å². The first-order chi connectivity index (χ1) is 20.3. The molecule has 0 radical (unpaired) electrons. The Morgan fingerprint density at radius 3 is 2.14 bits per heavy atom. The Hall–Kier alpha value is -2.97. The molecule has 1 saturated heterocycles. The Bertz CT molecular complexity index is 1250. The number of carbonyl (C=O) groups excluding carboxylic acids is 4. The summed E-state index contributed by atoms with van der Waals surface area (Å²) in [6.07, 6.45) is 6.51. The molecule has 9 nitrogen and oxygen atoms in total. The largest absolute Gasteiger partial charge is 0.444 e. The third-order valence-electron chi connectivity index (χ3n) is 7.56. The number of amides is 4. The minimum Gasteiger partial charge on any atom is -0.444 e. The summed E-state index contributed by atoms with van der Waals surface area (Å²) in [4.78, 5) is 55.8. The molecule has 0 unspecified atom stereocenters. The Balaban J connectivity index is 1.64. The third kappa shape index (κ3) is 10.9. The molecule has 2 N–H and O–H groups in total. The van der Waals surface area contributed by atoms with Gasteiger partial charge in [-0.3, -0.25) is 14.4 Å². The Labute approximate surface area is 261 Å². The molecule has 11 heteroatoms. The number of likely N-dealkylation sites (N-methyl/N-ethyl adjacent to an activating group) is 2. The quantitative estimate of drug-likeness (QED) is 0.303. The average Bonchev–Trinajstić information content (AvgIpc) is 3.14. The molecule has 0 saturated carbocycles. The molecule has 3 rings (SSSR count). The molecule has 1 aromatic heterocycles. The average molecular weight is 632 g/mol. The van der Waals surface area contributed by atoms with Gasteiger partial charge in [0.15, 0.2) is 0 Å². The van der Waals surface area contributed by atoms with Gasteiger partial charge in [-0.2, -0.15) is 0 Å². The summed E-state index contributed by atoms with van der Waals surface area (Å²) >= 11 is 1.30. The lowest BCUT2D eigenvalue weighted by Crippen LogP contribution is -2.40. The highest BCUT2D eigenvalue weighted by Crippen LogP contribution is 2.61. The molecule has 1 aliphatic heterocycles. The predicted octanol–water partition coefficient (Wildman–Crippen LogP) is 5.84. The second-order valence-electron chi connectivity index (χ2n) is 12.6. The van der Waals surface area contributed by atoms with Gasteiger partial charge in [0.2, 0.25) is 0 Å². The summed E-state index contributed by atoms with van der Waals surface area (Å²) in [7, 11) is 1.46. The minimum absolute atomic E-state index is 0.00689. The highest BCUT2D eigenvalue weighted by Gasteiger charge is 2.42. The molecular formula is C32H48N4O5PS+. The Morgan fingerprint density at radius 1 is 0.907 bits per heavy atom. The van der Waals surface area contributed by atoms with E-state index < -0.39 is 19.0 Å². The first kappa shape index (κ1) is 34.5. The van der Waals surface area contributed by atoms with Gasteiger partial charge in [-0.1, -0.05) is 30.3 Å². The summed E-state index contributed by atoms with van der Waals surface area (Å²) in [6, 6.07) is 9.84. The number of hydrogen-bond donors (Lipinski definition) is 2. The summed E-state index contributed by atoms with van der Waals surface area (Å²) in [6.45, 7) is 8.41. The van der Waals surface area contributed by atoms with E-state index in [-0.39, 0.29) is 17.7 Å². The number of carbonyl (C=O) groups is 4. The van der Waals surface area contributed by atoms with Crippen molar-refractivity contribution in [3.63, 3.8) is 0 Å². The lowest BCUT2D eigenvalue weighted by molar-refractivity contribution is -0.118. The molecule has 0 aliphatic carbocycles. The van der Waals surface area contributed by atoms with E-state index >= 15 is 0 Å². The van der Waals surface area contributed by atoms with Crippen LogP contribution < -0.4 is 10.6 Å². The van der Waals surface area contributed by atoms with E-state index in [2.05, 4.69) is 10.6 Å². The van der Waals surface area contributed by atoms with Crippen molar-refractivity contribution in [2.45, 2.75) is 65.5 Å². The lowest BCUT2D eigenvalue weighted by atomic mass is 10.2. The van der Waals surface area contributed by atoms with Crippen LogP contribution in [0.5, 0.6) is 0 Å². The fourth-order valence-electron chi connectivity index (χ4n) is 5.14. The van der Waals surface area contributed by atoms with Crippen LogP contribution in [0.2, 0.25) is 0 Å². The predicted molar refractivity (Wildman–Crippen MR) is 177 cm³/mol. The molecule has 2 heterocycles. The Morgan fingerprint density at radius 2 is 1.51 bits per heavy atom. The number of benzene rings is 1. The molecule has 2 aromatic rings. The second-order valence-corrected chi connectivity index (χ2v) is 17.7. The van der Waals surface area contributed by atoms with Crippen LogP contribution in [0.4, 0.5) is 10.5 Å². The number of anilines is 1. The van der Waals surface area contributed by atoms with E-state index in [0.29, 0.717) is 42.5 Å². The monoisotopic (exact) mass is 631 g/mol. The number of thiophene rings is 1. The maximum absolute atomic E-state index is 13.6. The molecule has 0 bridgehead atoms. The zero-order valence-corrected chi connectivity index (χ0v) is 28.2. The van der Waals surface area contributed by atoms with E-state index in [0.717, 1.165) is 49.1 Å². The highest BCUT2D eigenvalue weighted by molar-refractivity contribution is 7.77. The first-order valence-corrected chi connectivity index (χ1v) is 18.4. The fraction of sp³-hybridized carbons (Fsp3) is 0.562. The summed E-state index contributed by atoms with van der Waals surface area (Å²) < 4.78 is 5.39. The van der Waals surface area contributed by atoms with Crippen LogP contribution in [0.1, 0.15) is 67.3 Å². The molecule has 43 heavy (non-hydrogen) atoms. The Kier molecular flexibility index (Phi) is 12.6. The zero-order valence-electron chi connectivity index (χ0n) is 26.5. The molecule has 0 spiro atoms. The van der Waals surface area contributed by atoms with Gasteiger partial charge in [0, 0.05) is 41.0 Å². The summed E-state index contributed by atoms with van der Waals surface area (Å²) in [5.41, 5.74) is 1.82. The van der Waals surface area contributed by atoms with Crippen molar-refractivity contribution < 1.29 is 23.9 Å². The second kappa shape index (κ2) is 15.7. The van der Waals surface area contributed by atoms with Gasteiger partial charge in [0.25, 0.3) is 17.7 Å². The van der Waals surface area contributed by atoms with E-state index in [1.807, 2.05) is 63.4 Å². The van der Waals surface area contributed by atoms with Crippen LogP contribution in [0.25, 0.3) is 0 Å². The van der Waals surface area contributed by atoms with Crippen molar-refractivity contribution in [1.29, 1.82) is 0 Å². The van der Waals surface area contributed by atoms with Crippen molar-refractivity contribution in [2.24, 2.45) is 0 Å². The topological polar surface area (TPSA) is 108 Å². The van der Waals surface area contributed by atoms with Crippen LogP contribution in [0.3, 0.4) is 0 Å². The third-order valence-corrected chi connectivity index (χ3v) is 13.1. The lowest BCUT2D eigenvalue weighted by Gasteiger charge is -2.26. The van der Waals surface area contributed by atoms with Crippen LogP contribution >= 0.6 is 18.6 Å². The van der Waals surface area contributed by atoms with Crippen LogP contribution in [0, 0.1) is 6.92 Å². The van der Waals surface area contributed by atoms with Gasteiger partial charge in [0.1, 0.15) is 22.8 Å². The number of ether oxygens (including phenoxy) is 1. The maximum atomic E-state index is 13.6. The number of rotatable bonds is 11. The number of nitrogens with zero attached hydrogens (tertiary/aromatic N) is 2.